The number of rotatable bonds is 2. The molecule has 0 aliphatic heterocycles. The second-order valence-corrected chi connectivity index (χ2v) is 4.26. The van der Waals surface area contributed by atoms with Gasteiger partial charge in [0.15, 0.2) is 0 Å². The summed E-state index contributed by atoms with van der Waals surface area (Å²) >= 11 is 6.03. The van der Waals surface area contributed by atoms with Gasteiger partial charge in [-0.2, -0.15) is 0 Å². The van der Waals surface area contributed by atoms with Crippen LogP contribution in [0.5, 0.6) is 0 Å². The Labute approximate surface area is 88.1 Å². The fraction of sp³-hybridized carbons (Fsp3) is 0.455. The molecule has 3 heteroatoms. The van der Waals surface area contributed by atoms with Gasteiger partial charge in [-0.05, 0) is 30.9 Å². The average Bonchev–Trinajstić information content (AvgIpc) is 2.14. The van der Waals surface area contributed by atoms with Gasteiger partial charge in [-0.25, -0.2) is 0 Å². The van der Waals surface area contributed by atoms with Crippen molar-refractivity contribution in [3.8, 4) is 0 Å². The average molecular weight is 213 g/mol. The van der Waals surface area contributed by atoms with E-state index >= 15 is 0 Å². The molecule has 1 saturated carbocycles. The van der Waals surface area contributed by atoms with Crippen molar-refractivity contribution in [2.75, 3.05) is 0 Å². The van der Waals surface area contributed by atoms with Crippen LogP contribution in [0.1, 0.15) is 30.4 Å². The molecule has 0 atom stereocenters. The normalized spacial score (nSPS) is 19.1. The van der Waals surface area contributed by atoms with Crippen LogP contribution in [0, 0.1) is 0 Å². The lowest BCUT2D eigenvalue weighted by molar-refractivity contribution is -0.0387. The number of hydrogen-bond acceptors (Lipinski definition) is 2. The second-order valence-electron chi connectivity index (χ2n) is 3.86. The highest BCUT2D eigenvalue weighted by molar-refractivity contribution is 6.31. The molecule has 0 amide bonds. The molecule has 2 N–H and O–H groups in total. The van der Waals surface area contributed by atoms with E-state index in [1.165, 1.54) is 0 Å². The fourth-order valence-corrected chi connectivity index (χ4v) is 2.19. The van der Waals surface area contributed by atoms with Crippen molar-refractivity contribution in [1.82, 2.24) is 0 Å². The summed E-state index contributed by atoms with van der Waals surface area (Å²) in [6.45, 7) is -0.0154. The van der Waals surface area contributed by atoms with Gasteiger partial charge in [0, 0.05) is 10.6 Å². The first-order valence-electron chi connectivity index (χ1n) is 4.78. The minimum absolute atomic E-state index is 0.0154. The smallest absolute Gasteiger partial charge is 0.0911 e. The fourth-order valence-electron chi connectivity index (χ4n) is 1.82. The van der Waals surface area contributed by atoms with E-state index < -0.39 is 5.60 Å². The monoisotopic (exact) mass is 212 g/mol. The van der Waals surface area contributed by atoms with Gasteiger partial charge in [0.1, 0.15) is 0 Å². The van der Waals surface area contributed by atoms with Gasteiger partial charge in [0.2, 0.25) is 0 Å². The summed E-state index contributed by atoms with van der Waals surface area (Å²) in [6, 6.07) is 5.33. The van der Waals surface area contributed by atoms with E-state index in [-0.39, 0.29) is 6.61 Å². The Morgan fingerprint density at radius 2 is 2.07 bits per heavy atom. The zero-order valence-electron chi connectivity index (χ0n) is 7.83. The quantitative estimate of drug-likeness (QED) is 0.789. The Kier molecular flexibility index (Phi) is 2.52. The Bertz CT molecular complexity index is 345. The molecule has 1 aliphatic carbocycles. The van der Waals surface area contributed by atoms with E-state index in [2.05, 4.69) is 0 Å². The Morgan fingerprint density at radius 1 is 1.36 bits per heavy atom. The maximum absolute atomic E-state index is 10.1. The van der Waals surface area contributed by atoms with E-state index in [1.807, 2.05) is 6.07 Å². The van der Waals surface area contributed by atoms with Gasteiger partial charge in [0.05, 0.1) is 12.2 Å². The summed E-state index contributed by atoms with van der Waals surface area (Å²) in [4.78, 5) is 0. The van der Waals surface area contributed by atoms with Crippen molar-refractivity contribution in [3.05, 3.63) is 34.3 Å². The Hall–Kier alpha value is -0.570. The Balaban J connectivity index is 2.35. The lowest BCUT2D eigenvalue weighted by atomic mass is 9.75. The molecule has 0 heterocycles. The Morgan fingerprint density at radius 3 is 2.50 bits per heavy atom. The summed E-state index contributed by atoms with van der Waals surface area (Å²) in [7, 11) is 0. The third-order valence-corrected chi connectivity index (χ3v) is 3.21. The van der Waals surface area contributed by atoms with Crippen LogP contribution in [0.4, 0.5) is 0 Å². The van der Waals surface area contributed by atoms with Crippen molar-refractivity contribution < 1.29 is 10.2 Å². The summed E-state index contributed by atoms with van der Waals surface area (Å²) in [6.07, 6.45) is 2.62. The molecular weight excluding hydrogens is 200 g/mol. The highest BCUT2D eigenvalue weighted by Crippen LogP contribution is 2.43. The van der Waals surface area contributed by atoms with Crippen LogP contribution in [0.2, 0.25) is 5.02 Å². The molecule has 1 aliphatic rings. The molecule has 0 unspecified atom stereocenters. The first-order valence-corrected chi connectivity index (χ1v) is 5.16. The molecule has 1 aromatic carbocycles. The summed E-state index contributed by atoms with van der Waals surface area (Å²) in [5.74, 6) is 0. The SMILES string of the molecule is OCc1ccc(C2(O)CCC2)c(Cl)c1. The molecule has 14 heavy (non-hydrogen) atoms. The zero-order valence-corrected chi connectivity index (χ0v) is 8.59. The molecule has 1 aromatic rings. The van der Waals surface area contributed by atoms with Crippen LogP contribution in [0.15, 0.2) is 18.2 Å². The van der Waals surface area contributed by atoms with E-state index in [0.717, 1.165) is 30.4 Å². The lowest BCUT2D eigenvalue weighted by Gasteiger charge is -2.37. The highest BCUT2D eigenvalue weighted by atomic mass is 35.5. The van der Waals surface area contributed by atoms with Gasteiger partial charge in [0.25, 0.3) is 0 Å². The maximum atomic E-state index is 10.1. The lowest BCUT2D eigenvalue weighted by Crippen LogP contribution is -2.33. The van der Waals surface area contributed by atoms with Crippen molar-refractivity contribution >= 4 is 11.6 Å². The first kappa shape index (κ1) is 9.97. The van der Waals surface area contributed by atoms with Crippen LogP contribution in [0.3, 0.4) is 0 Å². The summed E-state index contributed by atoms with van der Waals surface area (Å²) < 4.78 is 0. The molecule has 0 saturated heterocycles. The maximum Gasteiger partial charge on any atom is 0.0911 e. The van der Waals surface area contributed by atoms with Gasteiger partial charge in [-0.15, -0.1) is 0 Å². The third kappa shape index (κ3) is 1.54. The minimum atomic E-state index is -0.717. The van der Waals surface area contributed by atoms with Crippen molar-refractivity contribution in [1.29, 1.82) is 0 Å². The topological polar surface area (TPSA) is 40.5 Å². The van der Waals surface area contributed by atoms with E-state index in [4.69, 9.17) is 16.7 Å². The molecule has 2 rings (SSSR count). The van der Waals surface area contributed by atoms with Crippen LogP contribution < -0.4 is 0 Å². The van der Waals surface area contributed by atoms with Crippen molar-refractivity contribution in [3.63, 3.8) is 0 Å². The minimum Gasteiger partial charge on any atom is -0.392 e. The second kappa shape index (κ2) is 3.54. The summed E-state index contributed by atoms with van der Waals surface area (Å²) in [5, 5.41) is 19.5. The standard InChI is InChI=1S/C11H13ClO2/c12-10-6-8(7-13)2-3-9(10)11(14)4-1-5-11/h2-3,6,13-14H,1,4-5,7H2. The molecule has 76 valence electrons. The van der Waals surface area contributed by atoms with Crippen LogP contribution in [0.25, 0.3) is 0 Å². The number of hydrogen-bond donors (Lipinski definition) is 2. The first-order chi connectivity index (χ1) is 6.65. The molecular formula is C11H13ClO2. The van der Waals surface area contributed by atoms with Crippen molar-refractivity contribution in [2.24, 2.45) is 0 Å². The molecule has 0 spiro atoms. The molecule has 0 aromatic heterocycles. The van der Waals surface area contributed by atoms with E-state index in [1.54, 1.807) is 12.1 Å². The van der Waals surface area contributed by atoms with Crippen LogP contribution in [-0.2, 0) is 12.2 Å². The van der Waals surface area contributed by atoms with Crippen LogP contribution >= 0.6 is 11.6 Å². The third-order valence-electron chi connectivity index (χ3n) is 2.90. The van der Waals surface area contributed by atoms with Gasteiger partial charge < -0.3 is 10.2 Å². The largest absolute Gasteiger partial charge is 0.392 e. The highest BCUT2D eigenvalue weighted by Gasteiger charge is 2.37. The van der Waals surface area contributed by atoms with Gasteiger partial charge >= 0.3 is 0 Å². The van der Waals surface area contributed by atoms with E-state index in [9.17, 15) is 5.11 Å². The van der Waals surface area contributed by atoms with Gasteiger partial charge in [-0.3, -0.25) is 0 Å². The van der Waals surface area contributed by atoms with Crippen molar-refractivity contribution in [2.45, 2.75) is 31.5 Å². The van der Waals surface area contributed by atoms with Crippen LogP contribution in [-0.4, -0.2) is 10.2 Å². The molecule has 1 fully saturated rings. The number of halogens is 1. The number of aliphatic hydroxyl groups is 2. The van der Waals surface area contributed by atoms with E-state index in [0.29, 0.717) is 5.02 Å². The molecule has 2 nitrogen and oxygen atoms in total. The number of benzene rings is 1. The zero-order chi connectivity index (χ0) is 10.2. The van der Waals surface area contributed by atoms with Gasteiger partial charge in [-0.1, -0.05) is 23.7 Å². The summed E-state index contributed by atoms with van der Waals surface area (Å²) in [5.41, 5.74) is 0.856. The number of aliphatic hydroxyl groups excluding tert-OH is 1. The predicted molar refractivity (Wildman–Crippen MR) is 55.1 cm³/mol. The molecule has 0 bridgehead atoms. The predicted octanol–water partition coefficient (Wildman–Crippen LogP) is 2.20. The molecule has 0 radical (unpaired) electrons.